The molecule has 2 aromatic carbocycles. The minimum absolute atomic E-state index is 0.0206. The molecule has 0 saturated carbocycles. The SMILES string of the molecule is CN(C)C(=O)N1CCC[C@@H](C(=O)NC2c3ccccc3Oc3ccccc32)C1. The summed E-state index contributed by atoms with van der Waals surface area (Å²) in [4.78, 5) is 28.7. The van der Waals surface area contributed by atoms with Crippen LogP contribution in [0.3, 0.4) is 0 Å². The first-order chi connectivity index (χ1) is 13.5. The number of para-hydroxylation sites is 2. The zero-order valence-corrected chi connectivity index (χ0v) is 16.2. The van der Waals surface area contributed by atoms with E-state index in [0.717, 1.165) is 35.5 Å². The zero-order chi connectivity index (χ0) is 19.7. The third-order valence-electron chi connectivity index (χ3n) is 5.41. The van der Waals surface area contributed by atoms with Crippen molar-refractivity contribution in [2.24, 2.45) is 5.92 Å². The fourth-order valence-electron chi connectivity index (χ4n) is 3.97. The lowest BCUT2D eigenvalue weighted by molar-refractivity contribution is -0.126. The number of nitrogens with zero attached hydrogens (tertiary/aromatic N) is 2. The highest BCUT2D eigenvalue weighted by molar-refractivity contribution is 5.82. The number of fused-ring (bicyclic) bond motifs is 2. The third-order valence-corrected chi connectivity index (χ3v) is 5.41. The van der Waals surface area contributed by atoms with Crippen LogP contribution in [0, 0.1) is 5.92 Å². The molecule has 0 unspecified atom stereocenters. The molecule has 4 rings (SSSR count). The van der Waals surface area contributed by atoms with Crippen LogP contribution in [-0.4, -0.2) is 48.9 Å². The van der Waals surface area contributed by atoms with E-state index in [9.17, 15) is 9.59 Å². The molecule has 0 spiro atoms. The molecule has 6 heteroatoms. The number of likely N-dealkylation sites (tertiary alicyclic amines) is 1. The van der Waals surface area contributed by atoms with Crippen molar-refractivity contribution in [2.75, 3.05) is 27.2 Å². The van der Waals surface area contributed by atoms with Gasteiger partial charge in [-0.15, -0.1) is 0 Å². The maximum Gasteiger partial charge on any atom is 0.319 e. The topological polar surface area (TPSA) is 61.9 Å². The Kier molecular flexibility index (Phi) is 4.94. The number of carbonyl (C=O) groups is 2. The monoisotopic (exact) mass is 379 g/mol. The quantitative estimate of drug-likeness (QED) is 0.870. The summed E-state index contributed by atoms with van der Waals surface area (Å²) >= 11 is 0. The van der Waals surface area contributed by atoms with Gasteiger partial charge in [-0.2, -0.15) is 0 Å². The van der Waals surface area contributed by atoms with Crippen molar-refractivity contribution in [3.8, 4) is 11.5 Å². The van der Waals surface area contributed by atoms with Gasteiger partial charge in [0.15, 0.2) is 0 Å². The molecule has 3 amide bonds. The van der Waals surface area contributed by atoms with E-state index < -0.39 is 0 Å². The number of nitrogens with one attached hydrogen (secondary N) is 1. The molecule has 1 saturated heterocycles. The Morgan fingerprint density at radius 2 is 1.64 bits per heavy atom. The normalized spacial score (nSPS) is 18.5. The van der Waals surface area contributed by atoms with Gasteiger partial charge in [0.2, 0.25) is 5.91 Å². The average molecular weight is 379 g/mol. The highest BCUT2D eigenvalue weighted by Crippen LogP contribution is 2.42. The smallest absolute Gasteiger partial charge is 0.319 e. The van der Waals surface area contributed by atoms with E-state index in [1.54, 1.807) is 23.9 Å². The van der Waals surface area contributed by atoms with Crippen LogP contribution >= 0.6 is 0 Å². The Hall–Kier alpha value is -3.02. The Bertz CT molecular complexity index is 851. The fraction of sp³-hybridized carbons (Fsp3) is 0.364. The second-order valence-electron chi connectivity index (χ2n) is 7.58. The molecule has 2 aliphatic heterocycles. The third kappa shape index (κ3) is 3.42. The lowest BCUT2D eigenvalue weighted by Crippen LogP contribution is -2.49. The Balaban J connectivity index is 1.56. The van der Waals surface area contributed by atoms with Crippen LogP contribution in [0.25, 0.3) is 0 Å². The molecular formula is C22H25N3O3. The standard InChI is InChI=1S/C22H25N3O3/c1-24(2)22(27)25-13-7-8-15(14-25)21(26)23-20-16-9-3-5-11-18(16)28-19-12-6-4-10-17(19)20/h3-6,9-12,15,20H,7-8,13-14H2,1-2H3,(H,23,26)/t15-/m1/s1. The van der Waals surface area contributed by atoms with Gasteiger partial charge in [0.1, 0.15) is 11.5 Å². The second kappa shape index (κ2) is 7.54. The van der Waals surface area contributed by atoms with Crippen molar-refractivity contribution in [3.63, 3.8) is 0 Å². The van der Waals surface area contributed by atoms with Crippen LogP contribution in [-0.2, 0) is 4.79 Å². The van der Waals surface area contributed by atoms with Gasteiger partial charge in [-0.25, -0.2) is 4.79 Å². The van der Waals surface area contributed by atoms with Crippen molar-refractivity contribution in [3.05, 3.63) is 59.7 Å². The lowest BCUT2D eigenvalue weighted by Gasteiger charge is -2.35. The number of amides is 3. The molecule has 1 fully saturated rings. The molecule has 0 radical (unpaired) electrons. The number of urea groups is 1. The first-order valence-corrected chi connectivity index (χ1v) is 9.67. The summed E-state index contributed by atoms with van der Waals surface area (Å²) in [5.41, 5.74) is 1.90. The highest BCUT2D eigenvalue weighted by atomic mass is 16.5. The van der Waals surface area contributed by atoms with Gasteiger partial charge in [0.25, 0.3) is 0 Å². The summed E-state index contributed by atoms with van der Waals surface area (Å²) in [6, 6.07) is 15.3. The van der Waals surface area contributed by atoms with E-state index in [-0.39, 0.29) is 23.9 Å². The Morgan fingerprint density at radius 1 is 1.04 bits per heavy atom. The molecule has 2 aromatic rings. The van der Waals surface area contributed by atoms with Crippen molar-refractivity contribution in [1.29, 1.82) is 0 Å². The van der Waals surface area contributed by atoms with E-state index >= 15 is 0 Å². The molecule has 1 N–H and O–H groups in total. The van der Waals surface area contributed by atoms with Crippen LogP contribution in [0.4, 0.5) is 4.79 Å². The molecule has 6 nitrogen and oxygen atoms in total. The van der Waals surface area contributed by atoms with Crippen molar-refractivity contribution < 1.29 is 14.3 Å². The summed E-state index contributed by atoms with van der Waals surface area (Å²) in [5, 5.41) is 3.22. The van der Waals surface area contributed by atoms with E-state index in [1.165, 1.54) is 0 Å². The maximum atomic E-state index is 13.1. The van der Waals surface area contributed by atoms with Gasteiger partial charge in [-0.1, -0.05) is 36.4 Å². The predicted molar refractivity (Wildman–Crippen MR) is 106 cm³/mol. The van der Waals surface area contributed by atoms with Gasteiger partial charge in [-0.3, -0.25) is 4.79 Å². The number of piperidine rings is 1. The van der Waals surface area contributed by atoms with Crippen LogP contribution in [0.1, 0.15) is 30.0 Å². The lowest BCUT2D eigenvalue weighted by atomic mass is 9.92. The Morgan fingerprint density at radius 3 is 2.25 bits per heavy atom. The van der Waals surface area contributed by atoms with Gasteiger partial charge in [0, 0.05) is 38.3 Å². The molecule has 2 heterocycles. The molecule has 2 aliphatic rings. The number of rotatable bonds is 2. The van der Waals surface area contributed by atoms with Crippen molar-refractivity contribution >= 4 is 11.9 Å². The predicted octanol–water partition coefficient (Wildman–Crippen LogP) is 3.39. The molecule has 146 valence electrons. The average Bonchev–Trinajstić information content (AvgIpc) is 2.73. The number of ether oxygens (including phenoxy) is 1. The number of hydrogen-bond donors (Lipinski definition) is 1. The summed E-state index contributed by atoms with van der Waals surface area (Å²) < 4.78 is 6.00. The van der Waals surface area contributed by atoms with Gasteiger partial charge < -0.3 is 19.9 Å². The number of carbonyl (C=O) groups excluding carboxylic acids is 2. The second-order valence-corrected chi connectivity index (χ2v) is 7.58. The van der Waals surface area contributed by atoms with E-state index in [2.05, 4.69) is 5.32 Å². The largest absolute Gasteiger partial charge is 0.457 e. The fourth-order valence-corrected chi connectivity index (χ4v) is 3.97. The summed E-state index contributed by atoms with van der Waals surface area (Å²) in [5.74, 6) is 1.30. The molecule has 1 atom stereocenters. The van der Waals surface area contributed by atoms with Gasteiger partial charge in [0.05, 0.1) is 12.0 Å². The molecule has 28 heavy (non-hydrogen) atoms. The number of benzene rings is 2. The van der Waals surface area contributed by atoms with Crippen molar-refractivity contribution in [2.45, 2.75) is 18.9 Å². The van der Waals surface area contributed by atoms with E-state index in [4.69, 9.17) is 4.74 Å². The van der Waals surface area contributed by atoms with Gasteiger partial charge in [-0.05, 0) is 25.0 Å². The zero-order valence-electron chi connectivity index (χ0n) is 16.2. The summed E-state index contributed by atoms with van der Waals surface area (Å²) in [6.07, 6.45) is 1.62. The van der Waals surface area contributed by atoms with Crippen molar-refractivity contribution in [1.82, 2.24) is 15.1 Å². The first-order valence-electron chi connectivity index (χ1n) is 9.67. The summed E-state index contributed by atoms with van der Waals surface area (Å²) in [6.45, 7) is 1.15. The van der Waals surface area contributed by atoms with E-state index in [0.29, 0.717) is 13.1 Å². The van der Waals surface area contributed by atoms with Crippen LogP contribution in [0.2, 0.25) is 0 Å². The maximum absolute atomic E-state index is 13.1. The van der Waals surface area contributed by atoms with E-state index in [1.807, 2.05) is 48.5 Å². The van der Waals surface area contributed by atoms with Crippen LogP contribution in [0.15, 0.2) is 48.5 Å². The molecule has 0 aromatic heterocycles. The van der Waals surface area contributed by atoms with Gasteiger partial charge >= 0.3 is 6.03 Å². The van der Waals surface area contributed by atoms with Crippen LogP contribution < -0.4 is 10.1 Å². The molecule has 0 bridgehead atoms. The minimum Gasteiger partial charge on any atom is -0.457 e. The molecular weight excluding hydrogens is 354 g/mol. The summed E-state index contributed by atoms with van der Waals surface area (Å²) in [7, 11) is 3.48. The molecule has 0 aliphatic carbocycles. The highest BCUT2D eigenvalue weighted by Gasteiger charge is 2.33. The number of hydrogen-bond acceptors (Lipinski definition) is 3. The van der Waals surface area contributed by atoms with Crippen LogP contribution in [0.5, 0.6) is 11.5 Å². The minimum atomic E-state index is -0.256. The Labute approximate surface area is 165 Å². The first kappa shape index (κ1) is 18.3.